The van der Waals surface area contributed by atoms with E-state index in [1.54, 1.807) is 0 Å². The molecule has 0 amide bonds. The molecule has 128 valence electrons. The van der Waals surface area contributed by atoms with Crippen LogP contribution in [0.25, 0.3) is 0 Å². The molecule has 2 heteroatoms. The van der Waals surface area contributed by atoms with Crippen molar-refractivity contribution in [1.82, 2.24) is 5.32 Å². The lowest BCUT2D eigenvalue weighted by Crippen LogP contribution is -2.29. The van der Waals surface area contributed by atoms with Gasteiger partial charge in [0.05, 0.1) is 0 Å². The van der Waals surface area contributed by atoms with E-state index in [-0.39, 0.29) is 0 Å². The first-order valence-corrected chi connectivity index (χ1v) is 9.11. The van der Waals surface area contributed by atoms with Gasteiger partial charge in [-0.25, -0.2) is 0 Å². The fraction of sp³-hybridized carbons (Fsp3) is 0.455. The van der Waals surface area contributed by atoms with E-state index in [0.717, 1.165) is 30.5 Å². The monoisotopic (exact) mass is 323 g/mol. The second-order valence-corrected chi connectivity index (χ2v) is 7.69. The van der Waals surface area contributed by atoms with Gasteiger partial charge in [-0.2, -0.15) is 0 Å². The van der Waals surface area contributed by atoms with E-state index >= 15 is 0 Å². The van der Waals surface area contributed by atoms with Crippen molar-refractivity contribution in [3.8, 4) is 5.75 Å². The predicted molar refractivity (Wildman–Crippen MR) is 101 cm³/mol. The third kappa shape index (κ3) is 3.49. The highest BCUT2D eigenvalue weighted by Gasteiger charge is 2.21. The van der Waals surface area contributed by atoms with Gasteiger partial charge in [-0.1, -0.05) is 64.1 Å². The van der Waals surface area contributed by atoms with Crippen molar-refractivity contribution in [2.75, 3.05) is 0 Å². The number of rotatable bonds is 5. The minimum absolute atomic E-state index is 0.332. The van der Waals surface area contributed by atoms with Crippen LogP contribution in [0.5, 0.6) is 5.75 Å². The highest BCUT2D eigenvalue weighted by molar-refractivity contribution is 5.47. The lowest BCUT2D eigenvalue weighted by atomic mass is 9.91. The molecule has 0 aliphatic heterocycles. The fourth-order valence-electron chi connectivity index (χ4n) is 3.69. The average Bonchev–Trinajstić information content (AvgIpc) is 2.96. The van der Waals surface area contributed by atoms with Crippen molar-refractivity contribution in [2.45, 2.75) is 65.0 Å². The summed E-state index contributed by atoms with van der Waals surface area (Å²) in [5, 5.41) is 14.2. The van der Waals surface area contributed by atoms with E-state index in [1.807, 2.05) is 0 Å². The van der Waals surface area contributed by atoms with Crippen LogP contribution in [0.4, 0.5) is 0 Å². The number of phenols is 1. The minimum atomic E-state index is 0.332. The molecule has 0 unspecified atom stereocenters. The maximum atomic E-state index is 10.5. The Balaban J connectivity index is 1.74. The second-order valence-electron chi connectivity index (χ2n) is 7.69. The summed E-state index contributed by atoms with van der Waals surface area (Å²) in [4.78, 5) is 0. The molecule has 2 nitrogen and oxygen atoms in total. The van der Waals surface area contributed by atoms with Gasteiger partial charge in [0.2, 0.25) is 0 Å². The summed E-state index contributed by atoms with van der Waals surface area (Å²) in [6, 6.07) is 13.6. The number of phenolic OH excluding ortho intramolecular Hbond substituents is 1. The summed E-state index contributed by atoms with van der Waals surface area (Å²) in [7, 11) is 0. The molecule has 1 aliphatic rings. The van der Waals surface area contributed by atoms with Crippen LogP contribution in [0.15, 0.2) is 36.4 Å². The number of benzene rings is 2. The Kier molecular flexibility index (Phi) is 4.96. The maximum Gasteiger partial charge on any atom is 0.122 e. The smallest absolute Gasteiger partial charge is 0.122 e. The van der Waals surface area contributed by atoms with E-state index in [1.165, 1.54) is 16.7 Å². The van der Waals surface area contributed by atoms with Gasteiger partial charge in [0.1, 0.15) is 5.75 Å². The Labute approximate surface area is 145 Å². The Hall–Kier alpha value is -1.80. The summed E-state index contributed by atoms with van der Waals surface area (Å²) < 4.78 is 0. The molecule has 2 N–H and O–H groups in total. The van der Waals surface area contributed by atoms with Crippen molar-refractivity contribution in [3.63, 3.8) is 0 Å². The molecular formula is C22H29NO. The molecular weight excluding hydrogens is 294 g/mol. The lowest BCUT2D eigenvalue weighted by Gasteiger charge is -2.19. The minimum Gasteiger partial charge on any atom is -0.507 e. The van der Waals surface area contributed by atoms with Gasteiger partial charge in [-0.15, -0.1) is 0 Å². The third-order valence-corrected chi connectivity index (χ3v) is 5.12. The Morgan fingerprint density at radius 2 is 1.46 bits per heavy atom. The predicted octanol–water partition coefficient (Wildman–Crippen LogP) is 4.90. The maximum absolute atomic E-state index is 10.5. The molecule has 24 heavy (non-hydrogen) atoms. The molecule has 0 aromatic heterocycles. The zero-order valence-corrected chi connectivity index (χ0v) is 15.3. The number of fused-ring (bicyclic) bond motifs is 1. The summed E-state index contributed by atoms with van der Waals surface area (Å²) in [6.07, 6.45) is 2.23. The Bertz CT molecular complexity index is 664. The molecule has 0 saturated carbocycles. The molecule has 0 spiro atoms. The topological polar surface area (TPSA) is 32.3 Å². The number of hydrogen-bond acceptors (Lipinski definition) is 2. The standard InChI is InChI=1S/C22H29NO/c1-14(2)20-9-16(10-21(15(3)4)22(20)24)13-23-19-11-17-7-5-6-8-18(17)12-19/h5-10,14-15,19,23-24H,11-13H2,1-4H3. The van der Waals surface area contributed by atoms with Crippen LogP contribution in [-0.2, 0) is 19.4 Å². The van der Waals surface area contributed by atoms with Crippen LogP contribution in [-0.4, -0.2) is 11.1 Å². The van der Waals surface area contributed by atoms with Gasteiger partial charge in [0.25, 0.3) is 0 Å². The van der Waals surface area contributed by atoms with Crippen LogP contribution < -0.4 is 5.32 Å². The summed E-state index contributed by atoms with van der Waals surface area (Å²) >= 11 is 0. The first-order valence-electron chi connectivity index (χ1n) is 9.11. The van der Waals surface area contributed by atoms with Gasteiger partial charge in [0.15, 0.2) is 0 Å². The molecule has 0 bridgehead atoms. The van der Waals surface area contributed by atoms with E-state index in [4.69, 9.17) is 0 Å². The molecule has 1 aliphatic carbocycles. The van der Waals surface area contributed by atoms with Gasteiger partial charge in [-0.05, 0) is 52.5 Å². The molecule has 2 aromatic carbocycles. The summed E-state index contributed by atoms with van der Waals surface area (Å²) in [5.41, 5.74) is 6.36. The van der Waals surface area contributed by atoms with E-state index < -0.39 is 0 Å². The van der Waals surface area contributed by atoms with Crippen molar-refractivity contribution in [1.29, 1.82) is 0 Å². The first-order chi connectivity index (χ1) is 11.5. The van der Waals surface area contributed by atoms with E-state index in [9.17, 15) is 5.11 Å². The van der Waals surface area contributed by atoms with E-state index in [2.05, 4.69) is 69.4 Å². The normalized spacial score (nSPS) is 14.6. The molecule has 2 aromatic rings. The van der Waals surface area contributed by atoms with E-state index in [0.29, 0.717) is 23.6 Å². The quantitative estimate of drug-likeness (QED) is 0.820. The molecule has 0 atom stereocenters. The van der Waals surface area contributed by atoms with Crippen LogP contribution in [0, 0.1) is 0 Å². The van der Waals surface area contributed by atoms with Crippen LogP contribution in [0.1, 0.15) is 67.3 Å². The highest BCUT2D eigenvalue weighted by atomic mass is 16.3. The number of hydrogen-bond donors (Lipinski definition) is 2. The van der Waals surface area contributed by atoms with Crippen molar-refractivity contribution in [2.24, 2.45) is 0 Å². The van der Waals surface area contributed by atoms with Gasteiger partial charge in [-0.3, -0.25) is 0 Å². The zero-order valence-electron chi connectivity index (χ0n) is 15.3. The Morgan fingerprint density at radius 1 is 0.958 bits per heavy atom. The lowest BCUT2D eigenvalue weighted by molar-refractivity contribution is 0.453. The molecule has 0 radical (unpaired) electrons. The van der Waals surface area contributed by atoms with Crippen molar-refractivity contribution in [3.05, 3.63) is 64.2 Å². The van der Waals surface area contributed by atoms with Crippen LogP contribution in [0.2, 0.25) is 0 Å². The van der Waals surface area contributed by atoms with Crippen LogP contribution >= 0.6 is 0 Å². The van der Waals surface area contributed by atoms with Crippen molar-refractivity contribution >= 4 is 0 Å². The van der Waals surface area contributed by atoms with Crippen molar-refractivity contribution < 1.29 is 5.11 Å². The molecule has 0 fully saturated rings. The SMILES string of the molecule is CC(C)c1cc(CNC2Cc3ccccc3C2)cc(C(C)C)c1O. The van der Waals surface area contributed by atoms with Gasteiger partial charge in [0, 0.05) is 12.6 Å². The van der Waals surface area contributed by atoms with Crippen LogP contribution in [0.3, 0.4) is 0 Å². The molecule has 0 saturated heterocycles. The number of aromatic hydroxyl groups is 1. The van der Waals surface area contributed by atoms with Gasteiger partial charge >= 0.3 is 0 Å². The summed E-state index contributed by atoms with van der Waals surface area (Å²) in [5.74, 6) is 1.15. The summed E-state index contributed by atoms with van der Waals surface area (Å²) in [6.45, 7) is 9.43. The highest BCUT2D eigenvalue weighted by Crippen LogP contribution is 2.35. The Morgan fingerprint density at radius 3 is 1.92 bits per heavy atom. The zero-order chi connectivity index (χ0) is 17.3. The molecule has 0 heterocycles. The molecule has 3 rings (SSSR count). The second kappa shape index (κ2) is 6.98. The third-order valence-electron chi connectivity index (χ3n) is 5.12. The fourth-order valence-corrected chi connectivity index (χ4v) is 3.69. The largest absolute Gasteiger partial charge is 0.507 e. The van der Waals surface area contributed by atoms with Gasteiger partial charge < -0.3 is 10.4 Å². The first kappa shape index (κ1) is 17.0. The average molecular weight is 323 g/mol. The number of nitrogens with one attached hydrogen (secondary N) is 1.